The molecule has 0 aliphatic heterocycles. The first-order chi connectivity index (χ1) is 20.0. The Morgan fingerprint density at radius 3 is 2.61 bits per heavy atom. The van der Waals surface area contributed by atoms with Gasteiger partial charge in [0.2, 0.25) is 0 Å². The van der Waals surface area contributed by atoms with Crippen LogP contribution in [0.1, 0.15) is 23.4 Å². The zero-order valence-electron chi connectivity index (χ0n) is 22.6. The minimum Gasteiger partial charge on any atom is -0.493 e. The van der Waals surface area contributed by atoms with E-state index in [1.54, 1.807) is 25.5 Å². The standard InChI is InChI=1S/C32H28N2O7/c1-20-23(33-32(41-20)28-11-6-15-38-28)19-40-26-13-12-21(17-29(26)37-2)18-34-24-8-4-3-7-22(24)31-25(34)9-5-10-27(31)39-16-14-30(35)36/h3-13,15,17H,14,16,18-19H2,1-2H3,(H,35,36). The maximum Gasteiger partial charge on any atom is 0.306 e. The van der Waals surface area contributed by atoms with Gasteiger partial charge in [-0.25, -0.2) is 4.98 Å². The van der Waals surface area contributed by atoms with Gasteiger partial charge in [-0.05, 0) is 55.0 Å². The SMILES string of the molecule is COc1cc(Cn2c3ccccc3c3c(OCCC(=O)O)cccc32)ccc1OCc1nc(-c2ccco2)oc1C. The number of furan rings is 1. The summed E-state index contributed by atoms with van der Waals surface area (Å²) in [5.74, 6) is 2.60. The zero-order chi connectivity index (χ0) is 28.3. The average molecular weight is 553 g/mol. The molecule has 3 aromatic heterocycles. The van der Waals surface area contributed by atoms with E-state index in [1.807, 2.05) is 55.5 Å². The summed E-state index contributed by atoms with van der Waals surface area (Å²) in [6.07, 6.45) is 1.51. The van der Waals surface area contributed by atoms with Crippen molar-refractivity contribution in [3.05, 3.63) is 96.1 Å². The quantitative estimate of drug-likeness (QED) is 0.186. The van der Waals surface area contributed by atoms with Crippen molar-refractivity contribution in [1.29, 1.82) is 0 Å². The molecule has 0 spiro atoms. The maximum atomic E-state index is 11.0. The number of aryl methyl sites for hydroxylation is 1. The van der Waals surface area contributed by atoms with Gasteiger partial charge in [0.15, 0.2) is 17.3 Å². The van der Waals surface area contributed by atoms with Gasteiger partial charge in [-0.1, -0.05) is 30.3 Å². The van der Waals surface area contributed by atoms with Gasteiger partial charge in [-0.2, -0.15) is 0 Å². The van der Waals surface area contributed by atoms with E-state index in [0.29, 0.717) is 46.9 Å². The molecule has 9 heteroatoms. The molecule has 0 bridgehead atoms. The third-order valence-corrected chi connectivity index (χ3v) is 6.89. The molecular weight excluding hydrogens is 524 g/mol. The van der Waals surface area contributed by atoms with Crippen LogP contribution in [-0.4, -0.2) is 34.3 Å². The molecule has 0 aliphatic rings. The van der Waals surface area contributed by atoms with Crippen molar-refractivity contribution >= 4 is 27.8 Å². The largest absolute Gasteiger partial charge is 0.493 e. The number of carboxylic acid groups (broad SMARTS) is 1. The highest BCUT2D eigenvalue weighted by Crippen LogP contribution is 2.37. The van der Waals surface area contributed by atoms with Gasteiger partial charge in [0.05, 0.1) is 31.9 Å². The van der Waals surface area contributed by atoms with Crippen molar-refractivity contribution in [1.82, 2.24) is 9.55 Å². The number of hydrogen-bond donors (Lipinski definition) is 1. The van der Waals surface area contributed by atoms with Crippen LogP contribution in [0.3, 0.4) is 0 Å². The van der Waals surface area contributed by atoms with E-state index in [9.17, 15) is 4.79 Å². The Morgan fingerprint density at radius 1 is 0.951 bits per heavy atom. The first-order valence-electron chi connectivity index (χ1n) is 13.2. The zero-order valence-corrected chi connectivity index (χ0v) is 22.6. The number of oxazole rings is 1. The Labute approximate surface area is 235 Å². The van der Waals surface area contributed by atoms with Crippen molar-refractivity contribution in [2.75, 3.05) is 13.7 Å². The lowest BCUT2D eigenvalue weighted by molar-refractivity contribution is -0.137. The number of aromatic nitrogens is 2. The average Bonchev–Trinajstić information content (AvgIpc) is 3.71. The van der Waals surface area contributed by atoms with Crippen LogP contribution in [-0.2, 0) is 17.9 Å². The van der Waals surface area contributed by atoms with Crippen molar-refractivity contribution < 1.29 is 32.9 Å². The third-order valence-electron chi connectivity index (χ3n) is 6.89. The maximum absolute atomic E-state index is 11.0. The monoisotopic (exact) mass is 552 g/mol. The van der Waals surface area contributed by atoms with Crippen LogP contribution >= 0.6 is 0 Å². The molecule has 0 aliphatic carbocycles. The van der Waals surface area contributed by atoms with Crippen molar-refractivity contribution in [2.24, 2.45) is 0 Å². The highest BCUT2D eigenvalue weighted by atomic mass is 16.5. The fraction of sp³-hybridized carbons (Fsp3) is 0.188. The molecule has 0 amide bonds. The van der Waals surface area contributed by atoms with E-state index in [2.05, 4.69) is 21.7 Å². The van der Waals surface area contributed by atoms with E-state index in [1.165, 1.54) is 0 Å². The number of nitrogens with zero attached hydrogens (tertiary/aromatic N) is 2. The number of benzene rings is 3. The molecule has 0 atom stereocenters. The highest BCUT2D eigenvalue weighted by molar-refractivity contribution is 6.11. The second-order valence-corrected chi connectivity index (χ2v) is 9.52. The van der Waals surface area contributed by atoms with Crippen LogP contribution in [0, 0.1) is 6.92 Å². The van der Waals surface area contributed by atoms with E-state index in [4.69, 9.17) is 28.2 Å². The third kappa shape index (κ3) is 5.21. The summed E-state index contributed by atoms with van der Waals surface area (Å²) >= 11 is 0. The predicted molar refractivity (Wildman–Crippen MR) is 153 cm³/mol. The van der Waals surface area contributed by atoms with Crippen LogP contribution < -0.4 is 14.2 Å². The summed E-state index contributed by atoms with van der Waals surface area (Å²) < 4.78 is 31.0. The molecular formula is C32H28N2O7. The van der Waals surface area contributed by atoms with Gasteiger partial charge >= 0.3 is 5.97 Å². The van der Waals surface area contributed by atoms with E-state index in [0.717, 1.165) is 27.4 Å². The van der Waals surface area contributed by atoms with Gasteiger partial charge in [0.1, 0.15) is 23.8 Å². The molecule has 6 aromatic rings. The molecule has 208 valence electrons. The number of para-hydroxylation sites is 1. The number of rotatable bonds is 11. The van der Waals surface area contributed by atoms with Crippen LogP contribution in [0.5, 0.6) is 17.2 Å². The Bertz CT molecular complexity index is 1830. The second kappa shape index (κ2) is 11.1. The van der Waals surface area contributed by atoms with Crippen LogP contribution in [0.2, 0.25) is 0 Å². The molecule has 0 unspecified atom stereocenters. The number of carbonyl (C=O) groups is 1. The Kier molecular flexibility index (Phi) is 7.08. The fourth-order valence-corrected chi connectivity index (χ4v) is 4.93. The molecule has 0 saturated carbocycles. The number of ether oxygens (including phenoxy) is 3. The van der Waals surface area contributed by atoms with Gasteiger partial charge in [0, 0.05) is 22.8 Å². The number of aliphatic carboxylic acids is 1. The molecule has 1 N–H and O–H groups in total. The summed E-state index contributed by atoms with van der Waals surface area (Å²) in [6.45, 7) is 2.73. The summed E-state index contributed by atoms with van der Waals surface area (Å²) in [6, 6.07) is 23.4. The van der Waals surface area contributed by atoms with Crippen LogP contribution in [0.4, 0.5) is 0 Å². The lowest BCUT2D eigenvalue weighted by atomic mass is 10.1. The minimum atomic E-state index is -0.893. The molecule has 3 heterocycles. The summed E-state index contributed by atoms with van der Waals surface area (Å²) in [4.78, 5) is 15.5. The fourth-order valence-electron chi connectivity index (χ4n) is 4.93. The Balaban J connectivity index is 1.26. The molecule has 0 saturated heterocycles. The number of hydrogen-bond acceptors (Lipinski definition) is 7. The molecule has 0 fully saturated rings. The first kappa shape index (κ1) is 26.1. The summed E-state index contributed by atoms with van der Waals surface area (Å²) in [5.41, 5.74) is 3.73. The normalized spacial score (nSPS) is 11.3. The number of methoxy groups -OCH3 is 1. The molecule has 6 rings (SSSR count). The molecule has 0 radical (unpaired) electrons. The molecule has 9 nitrogen and oxygen atoms in total. The minimum absolute atomic E-state index is 0.0649. The van der Waals surface area contributed by atoms with Crippen molar-refractivity contribution in [3.8, 4) is 28.9 Å². The molecule has 3 aromatic carbocycles. The Morgan fingerprint density at radius 2 is 1.80 bits per heavy atom. The number of carboxylic acids is 1. The van der Waals surface area contributed by atoms with Gasteiger partial charge in [0.25, 0.3) is 5.89 Å². The number of fused-ring (bicyclic) bond motifs is 3. The van der Waals surface area contributed by atoms with E-state index < -0.39 is 5.97 Å². The predicted octanol–water partition coefficient (Wildman–Crippen LogP) is 6.84. The Hall–Kier alpha value is -5.18. The lowest BCUT2D eigenvalue weighted by Gasteiger charge is -2.13. The van der Waals surface area contributed by atoms with Crippen LogP contribution in [0.25, 0.3) is 33.5 Å². The van der Waals surface area contributed by atoms with Gasteiger partial charge in [-0.15, -0.1) is 0 Å². The summed E-state index contributed by atoms with van der Waals surface area (Å²) in [5, 5.41) is 11.0. The first-order valence-corrected chi connectivity index (χ1v) is 13.2. The highest BCUT2D eigenvalue weighted by Gasteiger charge is 2.17. The second-order valence-electron chi connectivity index (χ2n) is 9.52. The summed E-state index contributed by atoms with van der Waals surface area (Å²) in [7, 11) is 1.61. The van der Waals surface area contributed by atoms with Crippen molar-refractivity contribution in [2.45, 2.75) is 26.5 Å². The smallest absolute Gasteiger partial charge is 0.306 e. The van der Waals surface area contributed by atoms with Crippen LogP contribution in [0.15, 0.2) is 87.9 Å². The molecule has 41 heavy (non-hydrogen) atoms. The van der Waals surface area contributed by atoms with Gasteiger partial charge in [-0.3, -0.25) is 4.79 Å². The van der Waals surface area contributed by atoms with E-state index >= 15 is 0 Å². The van der Waals surface area contributed by atoms with E-state index in [-0.39, 0.29) is 19.6 Å². The topological polar surface area (TPSA) is 109 Å². The van der Waals surface area contributed by atoms with Gasteiger partial charge < -0.3 is 32.7 Å². The lowest BCUT2D eigenvalue weighted by Crippen LogP contribution is -2.05. The van der Waals surface area contributed by atoms with Crippen molar-refractivity contribution in [3.63, 3.8) is 0 Å².